The van der Waals surface area contributed by atoms with Crippen LogP contribution in [0.25, 0.3) is 0 Å². The molecule has 2 aliphatic heterocycles. The Morgan fingerprint density at radius 3 is 2.31 bits per heavy atom. The van der Waals surface area contributed by atoms with E-state index in [-0.39, 0.29) is 5.92 Å². The van der Waals surface area contributed by atoms with Gasteiger partial charge in [-0.2, -0.15) is 11.8 Å². The molecule has 2 aliphatic rings. The zero-order valence-electron chi connectivity index (χ0n) is 10.4. The van der Waals surface area contributed by atoms with Crippen molar-refractivity contribution in [3.8, 4) is 0 Å². The number of nitrogens with one attached hydrogen (secondary N) is 1. The Bertz CT molecular complexity index is 262. The topological polar surface area (TPSA) is 32.3 Å². The molecule has 0 bridgehead atoms. The molecule has 0 aromatic rings. The molecule has 2 heterocycles. The molecule has 1 N–H and O–H groups in total. The fourth-order valence-corrected chi connectivity index (χ4v) is 4.06. The average Bonchev–Trinajstić information content (AvgIpc) is 2.62. The molecule has 2 fully saturated rings. The zero-order chi connectivity index (χ0) is 11.7. The van der Waals surface area contributed by atoms with E-state index >= 15 is 0 Å². The Morgan fingerprint density at radius 1 is 1.19 bits per heavy atom. The van der Waals surface area contributed by atoms with E-state index in [2.05, 4.69) is 31.0 Å². The number of thioether (sulfide) groups is 1. The fourth-order valence-electron chi connectivity index (χ4n) is 2.73. The minimum Gasteiger partial charge on any atom is -0.340 e. The molecule has 3 nitrogen and oxygen atoms in total. The van der Waals surface area contributed by atoms with Crippen LogP contribution in [-0.4, -0.2) is 47.5 Å². The maximum atomic E-state index is 12.4. The van der Waals surface area contributed by atoms with Gasteiger partial charge in [-0.25, -0.2) is 0 Å². The molecule has 2 saturated heterocycles. The van der Waals surface area contributed by atoms with E-state index in [1.165, 1.54) is 0 Å². The summed E-state index contributed by atoms with van der Waals surface area (Å²) in [5.74, 6) is 1.08. The third kappa shape index (κ3) is 2.54. The summed E-state index contributed by atoms with van der Waals surface area (Å²) in [4.78, 5) is 14.5. The average molecular weight is 242 g/mol. The van der Waals surface area contributed by atoms with E-state index in [0.29, 0.717) is 22.3 Å². The van der Waals surface area contributed by atoms with E-state index < -0.39 is 0 Å². The van der Waals surface area contributed by atoms with Gasteiger partial charge in [0.1, 0.15) is 0 Å². The molecule has 0 aromatic carbocycles. The molecule has 4 heteroatoms. The largest absolute Gasteiger partial charge is 0.340 e. The first-order valence-corrected chi connectivity index (χ1v) is 7.17. The van der Waals surface area contributed by atoms with Crippen LogP contribution in [0.3, 0.4) is 0 Å². The van der Waals surface area contributed by atoms with Crippen molar-refractivity contribution in [2.45, 2.75) is 31.3 Å². The van der Waals surface area contributed by atoms with Gasteiger partial charge in [0.05, 0.1) is 5.92 Å². The summed E-state index contributed by atoms with van der Waals surface area (Å²) < 4.78 is 0. The Hall–Kier alpha value is -0.220. The van der Waals surface area contributed by atoms with Gasteiger partial charge in [0, 0.05) is 30.1 Å². The molecule has 0 aliphatic carbocycles. The minimum absolute atomic E-state index is 0.211. The first-order valence-electron chi connectivity index (χ1n) is 6.23. The van der Waals surface area contributed by atoms with Gasteiger partial charge in [0.25, 0.3) is 0 Å². The number of hydrogen-bond acceptors (Lipinski definition) is 3. The van der Waals surface area contributed by atoms with Crippen LogP contribution in [0.1, 0.15) is 20.8 Å². The van der Waals surface area contributed by atoms with Crippen LogP contribution in [0.4, 0.5) is 0 Å². The van der Waals surface area contributed by atoms with Crippen molar-refractivity contribution < 1.29 is 4.79 Å². The molecule has 4 atom stereocenters. The van der Waals surface area contributed by atoms with Crippen LogP contribution in [0.5, 0.6) is 0 Å². The lowest BCUT2D eigenvalue weighted by Gasteiger charge is -2.36. The molecular weight excluding hydrogens is 220 g/mol. The summed E-state index contributed by atoms with van der Waals surface area (Å²) in [5, 5.41) is 4.47. The molecule has 2 rings (SSSR count). The summed E-state index contributed by atoms with van der Waals surface area (Å²) in [6.45, 7) is 10.3. The highest BCUT2D eigenvalue weighted by Crippen LogP contribution is 2.27. The van der Waals surface area contributed by atoms with Gasteiger partial charge in [0.2, 0.25) is 5.91 Å². The van der Waals surface area contributed by atoms with Gasteiger partial charge >= 0.3 is 0 Å². The van der Waals surface area contributed by atoms with Gasteiger partial charge in [-0.3, -0.25) is 4.79 Å². The van der Waals surface area contributed by atoms with E-state index in [1.54, 1.807) is 0 Å². The summed E-state index contributed by atoms with van der Waals surface area (Å²) in [7, 11) is 0. The molecule has 92 valence electrons. The highest BCUT2D eigenvalue weighted by Gasteiger charge is 2.35. The Morgan fingerprint density at radius 2 is 1.81 bits per heavy atom. The Balaban J connectivity index is 1.98. The van der Waals surface area contributed by atoms with Crippen LogP contribution in [0.15, 0.2) is 0 Å². The van der Waals surface area contributed by atoms with Crippen molar-refractivity contribution in [3.63, 3.8) is 0 Å². The van der Waals surface area contributed by atoms with Gasteiger partial charge in [-0.15, -0.1) is 0 Å². The summed E-state index contributed by atoms with van der Waals surface area (Å²) >= 11 is 2.00. The Kier molecular flexibility index (Phi) is 3.80. The zero-order valence-corrected chi connectivity index (χ0v) is 11.2. The lowest BCUT2D eigenvalue weighted by molar-refractivity contribution is -0.136. The van der Waals surface area contributed by atoms with Crippen LogP contribution >= 0.6 is 11.8 Å². The third-order valence-electron chi connectivity index (χ3n) is 3.57. The summed E-state index contributed by atoms with van der Waals surface area (Å²) in [5.41, 5.74) is 0. The van der Waals surface area contributed by atoms with Gasteiger partial charge in [-0.1, -0.05) is 20.8 Å². The van der Waals surface area contributed by atoms with E-state index in [1.807, 2.05) is 11.8 Å². The van der Waals surface area contributed by atoms with Crippen molar-refractivity contribution in [1.29, 1.82) is 0 Å². The second-order valence-electron chi connectivity index (χ2n) is 5.24. The highest BCUT2D eigenvalue weighted by molar-refractivity contribution is 8.00. The first kappa shape index (κ1) is 12.2. The van der Waals surface area contributed by atoms with Crippen molar-refractivity contribution in [3.05, 3.63) is 0 Å². The van der Waals surface area contributed by atoms with Gasteiger partial charge in [-0.05, 0) is 12.5 Å². The first-order chi connectivity index (χ1) is 7.58. The smallest absolute Gasteiger partial charge is 0.227 e. The lowest BCUT2D eigenvalue weighted by atomic mass is 9.96. The minimum atomic E-state index is 0.211. The van der Waals surface area contributed by atoms with Crippen LogP contribution < -0.4 is 5.32 Å². The Labute approximate surface area is 102 Å². The predicted molar refractivity (Wildman–Crippen MR) is 68.6 cm³/mol. The second-order valence-corrected chi connectivity index (χ2v) is 7.12. The number of hydrogen-bond donors (Lipinski definition) is 1. The number of carbonyl (C=O) groups is 1. The number of amides is 1. The molecule has 0 saturated carbocycles. The van der Waals surface area contributed by atoms with Crippen LogP contribution in [0.2, 0.25) is 0 Å². The summed E-state index contributed by atoms with van der Waals surface area (Å²) in [6, 6.07) is 0. The lowest BCUT2D eigenvalue weighted by Crippen LogP contribution is -2.47. The van der Waals surface area contributed by atoms with Crippen molar-refractivity contribution in [1.82, 2.24) is 10.2 Å². The fraction of sp³-hybridized carbons (Fsp3) is 0.917. The van der Waals surface area contributed by atoms with E-state index in [9.17, 15) is 4.79 Å². The molecule has 0 spiro atoms. The third-order valence-corrected chi connectivity index (χ3v) is 4.79. The molecule has 2 unspecified atom stereocenters. The maximum absolute atomic E-state index is 12.4. The van der Waals surface area contributed by atoms with Crippen LogP contribution in [-0.2, 0) is 4.79 Å². The standard InChI is InChI=1S/C12H22N2OS/c1-8-4-13-5-11(8)12(15)14-6-9(2)16-10(3)7-14/h8-11,13H,4-7H2,1-3H3/t8-,9?,10?,11-/m1/s1. The molecular formula is C12H22N2OS. The number of rotatable bonds is 1. The van der Waals surface area contributed by atoms with Crippen molar-refractivity contribution >= 4 is 17.7 Å². The van der Waals surface area contributed by atoms with E-state index in [0.717, 1.165) is 26.2 Å². The molecule has 0 aromatic heterocycles. The summed E-state index contributed by atoms with van der Waals surface area (Å²) in [6.07, 6.45) is 0. The quantitative estimate of drug-likeness (QED) is 0.750. The van der Waals surface area contributed by atoms with Gasteiger partial charge in [0.15, 0.2) is 0 Å². The maximum Gasteiger partial charge on any atom is 0.227 e. The van der Waals surface area contributed by atoms with Crippen LogP contribution in [0, 0.1) is 11.8 Å². The molecule has 16 heavy (non-hydrogen) atoms. The van der Waals surface area contributed by atoms with Crippen molar-refractivity contribution in [2.75, 3.05) is 26.2 Å². The second kappa shape index (κ2) is 4.96. The number of nitrogens with zero attached hydrogens (tertiary/aromatic N) is 1. The predicted octanol–water partition coefficient (Wildman–Crippen LogP) is 1.19. The normalized spacial score (nSPS) is 40.1. The monoisotopic (exact) mass is 242 g/mol. The van der Waals surface area contributed by atoms with Gasteiger partial charge < -0.3 is 10.2 Å². The van der Waals surface area contributed by atoms with E-state index in [4.69, 9.17) is 0 Å². The SMILES string of the molecule is CC1CN(C(=O)[C@@H]2CNC[C@H]2C)CC(C)S1. The molecule has 0 radical (unpaired) electrons. The highest BCUT2D eigenvalue weighted by atomic mass is 32.2. The van der Waals surface area contributed by atoms with Crippen molar-refractivity contribution in [2.24, 2.45) is 11.8 Å². The number of carbonyl (C=O) groups excluding carboxylic acids is 1. The molecule has 1 amide bonds.